The van der Waals surface area contributed by atoms with Crippen LogP contribution >= 0.6 is 0 Å². The highest BCUT2D eigenvalue weighted by atomic mass is 16.2. The Kier molecular flexibility index (Phi) is 4.22. The van der Waals surface area contributed by atoms with E-state index in [0.717, 1.165) is 18.8 Å². The van der Waals surface area contributed by atoms with Crippen LogP contribution in [0, 0.1) is 5.92 Å². The van der Waals surface area contributed by atoms with E-state index in [-0.39, 0.29) is 5.91 Å². The fraction of sp³-hybridized carbons (Fsp3) is 0.471. The van der Waals surface area contributed by atoms with Gasteiger partial charge in [-0.1, -0.05) is 30.3 Å². The molecule has 1 aromatic heterocycles. The predicted octanol–water partition coefficient (Wildman–Crippen LogP) is 2.45. The van der Waals surface area contributed by atoms with Crippen molar-refractivity contribution in [3.05, 3.63) is 48.0 Å². The summed E-state index contributed by atoms with van der Waals surface area (Å²) < 4.78 is 2.03. The molecule has 3 rings (SSSR count). The average Bonchev–Trinajstić information content (AvgIpc) is 3.08. The Labute approximate surface area is 131 Å². The van der Waals surface area contributed by atoms with Gasteiger partial charge >= 0.3 is 0 Å². The maximum absolute atomic E-state index is 12.3. The zero-order valence-corrected chi connectivity index (χ0v) is 13.1. The molecular weight excluding hydrogens is 276 g/mol. The van der Waals surface area contributed by atoms with E-state index in [9.17, 15) is 4.79 Å². The predicted molar refractivity (Wildman–Crippen MR) is 84.1 cm³/mol. The molecule has 0 aliphatic carbocycles. The standard InChI is InChI=1S/C17H22N4O/c1-13(2)21-12-18-19-16(21)11-20-10-15(9-17(20)22)8-14-6-4-3-5-7-14/h3-7,12-13,15H,8-11H2,1-2H3/t15-/m1/s1. The minimum absolute atomic E-state index is 0.222. The van der Waals surface area contributed by atoms with E-state index >= 15 is 0 Å². The monoisotopic (exact) mass is 298 g/mol. The van der Waals surface area contributed by atoms with Gasteiger partial charge in [-0.05, 0) is 31.7 Å². The molecule has 1 aliphatic rings. The fourth-order valence-corrected chi connectivity index (χ4v) is 3.07. The molecule has 116 valence electrons. The van der Waals surface area contributed by atoms with Crippen molar-refractivity contribution in [1.82, 2.24) is 19.7 Å². The minimum atomic E-state index is 0.222. The van der Waals surface area contributed by atoms with Crippen molar-refractivity contribution in [2.24, 2.45) is 5.92 Å². The summed E-state index contributed by atoms with van der Waals surface area (Å²) >= 11 is 0. The quantitative estimate of drug-likeness (QED) is 0.852. The summed E-state index contributed by atoms with van der Waals surface area (Å²) in [5.41, 5.74) is 1.30. The second kappa shape index (κ2) is 6.30. The molecule has 1 aromatic carbocycles. The van der Waals surface area contributed by atoms with Crippen LogP contribution < -0.4 is 0 Å². The lowest BCUT2D eigenvalue weighted by molar-refractivity contribution is -0.128. The van der Waals surface area contributed by atoms with Crippen LogP contribution in [0.1, 0.15) is 37.7 Å². The first kappa shape index (κ1) is 14.8. The summed E-state index contributed by atoms with van der Waals surface area (Å²) in [6.07, 6.45) is 3.33. The van der Waals surface area contributed by atoms with Crippen molar-refractivity contribution in [2.45, 2.75) is 39.3 Å². The molecular formula is C17H22N4O. The molecule has 0 N–H and O–H groups in total. The number of rotatable bonds is 5. The van der Waals surface area contributed by atoms with Crippen molar-refractivity contribution < 1.29 is 4.79 Å². The number of nitrogens with zero attached hydrogens (tertiary/aromatic N) is 4. The molecule has 1 fully saturated rings. The Balaban J connectivity index is 1.64. The van der Waals surface area contributed by atoms with Crippen LogP contribution in [0.3, 0.4) is 0 Å². The number of carbonyl (C=O) groups is 1. The molecule has 0 spiro atoms. The van der Waals surface area contributed by atoms with Crippen LogP contribution in [-0.4, -0.2) is 32.1 Å². The molecule has 1 amide bonds. The lowest BCUT2D eigenvalue weighted by Gasteiger charge is -2.18. The first-order valence-corrected chi connectivity index (χ1v) is 7.83. The molecule has 5 heteroatoms. The third-order valence-electron chi connectivity index (χ3n) is 4.20. The van der Waals surface area contributed by atoms with E-state index in [0.29, 0.717) is 24.9 Å². The molecule has 0 bridgehead atoms. The van der Waals surface area contributed by atoms with Gasteiger partial charge in [-0.3, -0.25) is 4.79 Å². The largest absolute Gasteiger partial charge is 0.335 e. The van der Waals surface area contributed by atoms with Crippen LogP contribution in [0.15, 0.2) is 36.7 Å². The molecule has 1 atom stereocenters. The lowest BCUT2D eigenvalue weighted by Crippen LogP contribution is -2.27. The first-order chi connectivity index (χ1) is 10.6. The molecule has 1 saturated heterocycles. The van der Waals surface area contributed by atoms with E-state index in [1.54, 1.807) is 6.33 Å². The second-order valence-corrected chi connectivity index (χ2v) is 6.28. The molecule has 2 heterocycles. The summed E-state index contributed by atoms with van der Waals surface area (Å²) in [4.78, 5) is 14.2. The summed E-state index contributed by atoms with van der Waals surface area (Å²) in [7, 11) is 0. The maximum atomic E-state index is 12.3. The highest BCUT2D eigenvalue weighted by Gasteiger charge is 2.30. The molecule has 0 saturated carbocycles. The van der Waals surface area contributed by atoms with Gasteiger partial charge in [0.05, 0.1) is 6.54 Å². The van der Waals surface area contributed by atoms with Crippen molar-refractivity contribution >= 4 is 5.91 Å². The normalized spacial score (nSPS) is 18.4. The van der Waals surface area contributed by atoms with E-state index in [1.165, 1.54) is 5.56 Å². The first-order valence-electron chi connectivity index (χ1n) is 7.83. The van der Waals surface area contributed by atoms with Gasteiger partial charge in [0.25, 0.3) is 0 Å². The number of amides is 1. The van der Waals surface area contributed by atoms with Crippen molar-refractivity contribution in [3.63, 3.8) is 0 Å². The Morgan fingerprint density at radius 3 is 2.77 bits per heavy atom. The van der Waals surface area contributed by atoms with Gasteiger partial charge in [-0.25, -0.2) is 0 Å². The molecule has 5 nitrogen and oxygen atoms in total. The van der Waals surface area contributed by atoms with Crippen molar-refractivity contribution in [2.75, 3.05) is 6.54 Å². The van der Waals surface area contributed by atoms with Crippen molar-refractivity contribution in [1.29, 1.82) is 0 Å². The van der Waals surface area contributed by atoms with Crippen LogP contribution in [0.2, 0.25) is 0 Å². The molecule has 0 radical (unpaired) electrons. The second-order valence-electron chi connectivity index (χ2n) is 6.28. The van der Waals surface area contributed by atoms with Crippen LogP contribution in [0.5, 0.6) is 0 Å². The summed E-state index contributed by atoms with van der Waals surface area (Å²) in [5, 5.41) is 8.14. The average molecular weight is 298 g/mol. The Hall–Kier alpha value is -2.17. The molecule has 1 aliphatic heterocycles. The summed E-state index contributed by atoms with van der Waals surface area (Å²) in [6.45, 7) is 5.55. The Morgan fingerprint density at radius 1 is 1.27 bits per heavy atom. The molecule has 2 aromatic rings. The number of aromatic nitrogens is 3. The lowest BCUT2D eigenvalue weighted by atomic mass is 9.99. The smallest absolute Gasteiger partial charge is 0.223 e. The highest BCUT2D eigenvalue weighted by Crippen LogP contribution is 2.23. The van der Waals surface area contributed by atoms with Gasteiger partial charge in [-0.2, -0.15) is 0 Å². The topological polar surface area (TPSA) is 51.0 Å². The van der Waals surface area contributed by atoms with Gasteiger partial charge in [0.1, 0.15) is 6.33 Å². The third kappa shape index (κ3) is 3.18. The van der Waals surface area contributed by atoms with Gasteiger partial charge in [0, 0.05) is 19.0 Å². The number of benzene rings is 1. The van der Waals surface area contributed by atoms with E-state index in [4.69, 9.17) is 0 Å². The highest BCUT2D eigenvalue weighted by molar-refractivity contribution is 5.78. The zero-order valence-electron chi connectivity index (χ0n) is 13.1. The van der Waals surface area contributed by atoms with E-state index in [2.05, 4.69) is 48.3 Å². The van der Waals surface area contributed by atoms with E-state index < -0.39 is 0 Å². The number of carbonyl (C=O) groups excluding carboxylic acids is 1. The van der Waals surface area contributed by atoms with Crippen LogP contribution in [-0.2, 0) is 17.8 Å². The van der Waals surface area contributed by atoms with Gasteiger partial charge < -0.3 is 9.47 Å². The SMILES string of the molecule is CC(C)n1cnnc1CN1C[C@H](Cc2ccccc2)CC1=O. The Bertz CT molecular complexity index is 635. The van der Waals surface area contributed by atoms with E-state index in [1.807, 2.05) is 15.5 Å². The molecule has 0 unspecified atom stereocenters. The summed E-state index contributed by atoms with van der Waals surface area (Å²) in [6, 6.07) is 10.7. The number of likely N-dealkylation sites (tertiary alicyclic amines) is 1. The van der Waals surface area contributed by atoms with Crippen LogP contribution in [0.25, 0.3) is 0 Å². The number of hydrogen-bond donors (Lipinski definition) is 0. The van der Waals surface area contributed by atoms with Gasteiger partial charge in [0.2, 0.25) is 5.91 Å². The zero-order chi connectivity index (χ0) is 15.5. The van der Waals surface area contributed by atoms with Gasteiger partial charge in [-0.15, -0.1) is 10.2 Å². The van der Waals surface area contributed by atoms with Crippen molar-refractivity contribution in [3.8, 4) is 0 Å². The molecule has 22 heavy (non-hydrogen) atoms. The Morgan fingerprint density at radius 2 is 2.05 bits per heavy atom. The van der Waals surface area contributed by atoms with Crippen LogP contribution in [0.4, 0.5) is 0 Å². The minimum Gasteiger partial charge on any atom is -0.335 e. The maximum Gasteiger partial charge on any atom is 0.223 e. The number of hydrogen-bond acceptors (Lipinski definition) is 3. The fourth-order valence-electron chi connectivity index (χ4n) is 3.07. The summed E-state index contributed by atoms with van der Waals surface area (Å²) in [5.74, 6) is 1.48. The van der Waals surface area contributed by atoms with Gasteiger partial charge in [0.15, 0.2) is 5.82 Å². The third-order valence-corrected chi connectivity index (χ3v) is 4.20.